The largest absolute Gasteiger partial charge is 0.481 e. The van der Waals surface area contributed by atoms with Gasteiger partial charge in [0, 0.05) is 26.1 Å². The van der Waals surface area contributed by atoms with E-state index in [0.29, 0.717) is 19.6 Å². The fourth-order valence-corrected chi connectivity index (χ4v) is 1.31. The summed E-state index contributed by atoms with van der Waals surface area (Å²) in [4.78, 5) is 23.1. The first-order valence-electron chi connectivity index (χ1n) is 3.85. The van der Waals surface area contributed by atoms with Crippen LogP contribution in [-0.2, 0) is 9.59 Å². The third-order valence-corrected chi connectivity index (χ3v) is 1.96. The molecule has 0 aromatic heterocycles. The normalized spacial score (nSPS) is 23.2. The highest BCUT2D eigenvalue weighted by molar-refractivity contribution is 5.86. The Hall–Kier alpha value is -1.10. The van der Waals surface area contributed by atoms with E-state index >= 15 is 0 Å². The topological polar surface area (TPSA) is 83.6 Å². The number of nitrogens with two attached hydrogens (primary N) is 1. The van der Waals surface area contributed by atoms with Crippen LogP contribution in [0, 0.1) is 5.92 Å². The van der Waals surface area contributed by atoms with E-state index in [-0.39, 0.29) is 12.3 Å². The summed E-state index contributed by atoms with van der Waals surface area (Å²) in [6.45, 7) is 1.16. The van der Waals surface area contributed by atoms with E-state index < -0.39 is 11.9 Å². The Kier molecular flexibility index (Phi) is 2.65. The Morgan fingerprint density at radius 3 is 2.83 bits per heavy atom. The first kappa shape index (κ1) is 8.99. The molecule has 0 radical (unpaired) electrons. The Balaban J connectivity index is 2.50. The number of likely N-dealkylation sites (tertiary alicyclic amines) is 1. The Bertz CT molecular complexity index is 205. The van der Waals surface area contributed by atoms with Crippen molar-refractivity contribution in [2.75, 3.05) is 19.6 Å². The van der Waals surface area contributed by atoms with Gasteiger partial charge in [0.1, 0.15) is 0 Å². The number of carboxylic acid groups (broad SMARTS) is 1. The second-order valence-corrected chi connectivity index (χ2v) is 2.87. The zero-order valence-electron chi connectivity index (χ0n) is 6.69. The molecule has 0 aliphatic carbocycles. The molecule has 0 aromatic carbocycles. The molecule has 1 fully saturated rings. The van der Waals surface area contributed by atoms with Gasteiger partial charge in [0.25, 0.3) is 0 Å². The van der Waals surface area contributed by atoms with E-state index in [2.05, 4.69) is 0 Å². The molecule has 0 aromatic rings. The molecule has 3 N–H and O–H groups in total. The maximum atomic E-state index is 11.1. The highest BCUT2D eigenvalue weighted by Crippen LogP contribution is 2.16. The van der Waals surface area contributed by atoms with Gasteiger partial charge in [-0.2, -0.15) is 0 Å². The Labute approximate surface area is 70.1 Å². The fourth-order valence-electron chi connectivity index (χ4n) is 1.31. The average molecular weight is 172 g/mol. The summed E-state index contributed by atoms with van der Waals surface area (Å²) < 4.78 is 0. The van der Waals surface area contributed by atoms with Crippen LogP contribution in [0.2, 0.25) is 0 Å². The summed E-state index contributed by atoms with van der Waals surface area (Å²) >= 11 is 0. The van der Waals surface area contributed by atoms with Crippen molar-refractivity contribution in [2.45, 2.75) is 6.42 Å². The van der Waals surface area contributed by atoms with Gasteiger partial charge >= 0.3 is 5.97 Å². The maximum Gasteiger partial charge on any atom is 0.308 e. The maximum absolute atomic E-state index is 11.1. The molecule has 68 valence electrons. The summed E-state index contributed by atoms with van der Waals surface area (Å²) in [5.74, 6) is -1.54. The SMILES string of the molecule is NCCN1CC(C(=O)O)CC1=O. The summed E-state index contributed by atoms with van der Waals surface area (Å²) in [7, 11) is 0. The molecule has 1 atom stereocenters. The summed E-state index contributed by atoms with van der Waals surface area (Å²) in [6, 6.07) is 0. The number of carbonyl (C=O) groups is 2. The lowest BCUT2D eigenvalue weighted by Crippen LogP contribution is -2.31. The van der Waals surface area contributed by atoms with Crippen LogP contribution < -0.4 is 5.73 Å². The van der Waals surface area contributed by atoms with Gasteiger partial charge in [0.05, 0.1) is 5.92 Å². The monoisotopic (exact) mass is 172 g/mol. The van der Waals surface area contributed by atoms with Gasteiger partial charge in [-0.3, -0.25) is 9.59 Å². The van der Waals surface area contributed by atoms with E-state index in [9.17, 15) is 9.59 Å². The van der Waals surface area contributed by atoms with Crippen LogP contribution in [0.5, 0.6) is 0 Å². The number of rotatable bonds is 3. The smallest absolute Gasteiger partial charge is 0.308 e. The molecule has 1 rings (SSSR count). The molecule has 0 saturated carbocycles. The molecule has 1 amide bonds. The number of nitrogens with zero attached hydrogens (tertiary/aromatic N) is 1. The minimum Gasteiger partial charge on any atom is -0.481 e. The minimum absolute atomic E-state index is 0.104. The molecule has 1 unspecified atom stereocenters. The van der Waals surface area contributed by atoms with Crippen LogP contribution >= 0.6 is 0 Å². The van der Waals surface area contributed by atoms with Crippen LogP contribution in [0.15, 0.2) is 0 Å². The predicted octanol–water partition coefficient (Wildman–Crippen LogP) is -1.12. The molecule has 5 heteroatoms. The molecule has 0 spiro atoms. The average Bonchev–Trinajstić information content (AvgIpc) is 2.34. The first-order valence-corrected chi connectivity index (χ1v) is 3.85. The first-order chi connectivity index (χ1) is 5.65. The lowest BCUT2D eigenvalue weighted by atomic mass is 10.1. The summed E-state index contributed by atoms with van der Waals surface area (Å²) in [5.41, 5.74) is 5.25. The Morgan fingerprint density at radius 2 is 2.42 bits per heavy atom. The minimum atomic E-state index is -0.900. The van der Waals surface area contributed by atoms with Gasteiger partial charge in [-0.15, -0.1) is 0 Å². The predicted molar refractivity (Wildman–Crippen MR) is 41.4 cm³/mol. The molecule has 0 bridgehead atoms. The highest BCUT2D eigenvalue weighted by atomic mass is 16.4. The van der Waals surface area contributed by atoms with Gasteiger partial charge in [0.15, 0.2) is 0 Å². The summed E-state index contributed by atoms with van der Waals surface area (Å²) in [6.07, 6.45) is 0.120. The van der Waals surface area contributed by atoms with Gasteiger partial charge in [-0.1, -0.05) is 0 Å². The third-order valence-electron chi connectivity index (χ3n) is 1.96. The number of carboxylic acids is 1. The second kappa shape index (κ2) is 3.53. The van der Waals surface area contributed by atoms with E-state index in [0.717, 1.165) is 0 Å². The third kappa shape index (κ3) is 1.73. The quantitative estimate of drug-likeness (QED) is 0.564. The molecule has 1 aliphatic heterocycles. The molecule has 1 heterocycles. The van der Waals surface area contributed by atoms with Crippen LogP contribution in [0.1, 0.15) is 6.42 Å². The van der Waals surface area contributed by atoms with Crippen molar-refractivity contribution in [3.63, 3.8) is 0 Å². The Morgan fingerprint density at radius 1 is 1.75 bits per heavy atom. The van der Waals surface area contributed by atoms with Gasteiger partial charge in [0.2, 0.25) is 5.91 Å². The van der Waals surface area contributed by atoms with Crippen molar-refractivity contribution < 1.29 is 14.7 Å². The van der Waals surface area contributed by atoms with Crippen LogP contribution in [0.4, 0.5) is 0 Å². The lowest BCUT2D eigenvalue weighted by Gasteiger charge is -2.13. The molecule has 12 heavy (non-hydrogen) atoms. The van der Waals surface area contributed by atoms with Gasteiger partial charge < -0.3 is 15.7 Å². The van der Waals surface area contributed by atoms with E-state index in [4.69, 9.17) is 10.8 Å². The molecular weight excluding hydrogens is 160 g/mol. The molecule has 5 nitrogen and oxygen atoms in total. The van der Waals surface area contributed by atoms with E-state index in [1.807, 2.05) is 0 Å². The van der Waals surface area contributed by atoms with E-state index in [1.54, 1.807) is 0 Å². The molecule has 1 saturated heterocycles. The number of hydrogen-bond acceptors (Lipinski definition) is 3. The number of amides is 1. The van der Waals surface area contributed by atoms with Crippen molar-refractivity contribution in [2.24, 2.45) is 11.7 Å². The van der Waals surface area contributed by atoms with Crippen LogP contribution in [-0.4, -0.2) is 41.5 Å². The lowest BCUT2D eigenvalue weighted by molar-refractivity contribution is -0.141. The number of carbonyl (C=O) groups excluding carboxylic acids is 1. The molecule has 1 aliphatic rings. The van der Waals surface area contributed by atoms with Crippen LogP contribution in [0.3, 0.4) is 0 Å². The fraction of sp³-hybridized carbons (Fsp3) is 0.714. The summed E-state index contributed by atoms with van der Waals surface area (Å²) in [5, 5.41) is 8.61. The number of aliphatic carboxylic acids is 1. The van der Waals surface area contributed by atoms with Gasteiger partial charge in [-0.25, -0.2) is 0 Å². The molecular formula is C7H12N2O3. The van der Waals surface area contributed by atoms with E-state index in [1.165, 1.54) is 4.90 Å². The highest BCUT2D eigenvalue weighted by Gasteiger charge is 2.33. The van der Waals surface area contributed by atoms with Gasteiger partial charge in [-0.05, 0) is 0 Å². The van der Waals surface area contributed by atoms with Crippen LogP contribution in [0.25, 0.3) is 0 Å². The van der Waals surface area contributed by atoms with Crippen molar-refractivity contribution in [3.05, 3.63) is 0 Å². The van der Waals surface area contributed by atoms with Crippen molar-refractivity contribution in [1.82, 2.24) is 4.90 Å². The standard InChI is InChI=1S/C7H12N2O3/c8-1-2-9-4-5(7(11)12)3-6(9)10/h5H,1-4,8H2,(H,11,12). The second-order valence-electron chi connectivity index (χ2n) is 2.87. The number of hydrogen-bond donors (Lipinski definition) is 2. The van der Waals surface area contributed by atoms with Crippen molar-refractivity contribution in [1.29, 1.82) is 0 Å². The zero-order chi connectivity index (χ0) is 9.14. The van der Waals surface area contributed by atoms with Crippen molar-refractivity contribution in [3.8, 4) is 0 Å². The van der Waals surface area contributed by atoms with Crippen molar-refractivity contribution >= 4 is 11.9 Å². The zero-order valence-corrected chi connectivity index (χ0v) is 6.69.